The lowest BCUT2D eigenvalue weighted by atomic mass is 9.37. The Bertz CT molecular complexity index is 2230. The quantitative estimate of drug-likeness (QED) is 0.279. The van der Waals surface area contributed by atoms with Crippen molar-refractivity contribution in [2.45, 2.75) is 88.9 Å². The predicted octanol–water partition coefficient (Wildman–Crippen LogP) is 3.34. The highest BCUT2D eigenvalue weighted by Crippen LogP contribution is 2.75. The molecule has 266 valence electrons. The predicted molar refractivity (Wildman–Crippen MR) is 182 cm³/mol. The number of nitrogens with zero attached hydrogens (tertiary/aromatic N) is 7. The maximum absolute atomic E-state index is 14.7. The van der Waals surface area contributed by atoms with E-state index in [1.54, 1.807) is 4.90 Å². The Morgan fingerprint density at radius 3 is 2.63 bits per heavy atom. The number of aromatic hydroxyl groups is 1. The van der Waals surface area contributed by atoms with E-state index in [1.807, 2.05) is 17.6 Å². The minimum atomic E-state index is -0.949. The molecule has 5 saturated carbocycles. The molecule has 2 atom stereocenters. The summed E-state index contributed by atoms with van der Waals surface area (Å²) in [5.74, 6) is -1.54. The van der Waals surface area contributed by atoms with Crippen molar-refractivity contribution in [3.05, 3.63) is 45.8 Å². The molecule has 1 saturated heterocycles. The lowest BCUT2D eigenvalue weighted by Crippen LogP contribution is -2.75. The van der Waals surface area contributed by atoms with Crippen LogP contribution in [0.3, 0.4) is 0 Å². The number of halogens is 1. The number of amides is 2. The third-order valence-electron chi connectivity index (χ3n) is 12.5. The van der Waals surface area contributed by atoms with Crippen LogP contribution in [0.5, 0.6) is 5.75 Å². The van der Waals surface area contributed by atoms with Gasteiger partial charge in [0, 0.05) is 42.9 Å². The van der Waals surface area contributed by atoms with E-state index in [0.717, 1.165) is 43.3 Å². The molecule has 2 amide bonds. The highest BCUT2D eigenvalue weighted by Gasteiger charge is 2.72. The van der Waals surface area contributed by atoms with E-state index >= 15 is 0 Å². The fourth-order valence-electron chi connectivity index (χ4n) is 9.96. The smallest absolute Gasteiger partial charge is 0.262 e. The Kier molecular flexibility index (Phi) is 6.60. The zero-order chi connectivity index (χ0) is 34.8. The lowest BCUT2D eigenvalue weighted by molar-refractivity contribution is -0.176. The fourth-order valence-corrected chi connectivity index (χ4v) is 9.96. The van der Waals surface area contributed by atoms with Crippen LogP contribution in [0.4, 0.5) is 10.1 Å². The summed E-state index contributed by atoms with van der Waals surface area (Å²) in [6.45, 7) is 3.45. The number of oxazole rings is 1. The van der Waals surface area contributed by atoms with E-state index in [0.29, 0.717) is 67.9 Å². The highest BCUT2D eigenvalue weighted by atomic mass is 19.1. The standard InChI is InChI=1S/C36H39FN8O6/c1-2-23-29(42-9-10-43(25-6-5-24(25)42)34(49)27-30(47)21(37)13-22-32(27)51-18-38-22)31(48)28-33(41-45(40-28)20-7-11-50-12-8-20)44(23)14-26(46)39-36-15-35(16-36,17-36)19-3-4-19/h7,13,18-19,24-25,47H,2-6,8-12,14-17H2,1H3,(H,39,46)/t24-,25-,35?,36?/m0/s1. The van der Waals surface area contributed by atoms with Gasteiger partial charge in [-0.15, -0.1) is 10.2 Å². The Morgan fingerprint density at radius 2 is 1.92 bits per heavy atom. The van der Waals surface area contributed by atoms with Crippen molar-refractivity contribution in [3.8, 4) is 5.75 Å². The number of phenols is 1. The number of nitrogens with one attached hydrogen (secondary N) is 1. The number of carbonyl (C=O) groups is 2. The van der Waals surface area contributed by atoms with Crippen LogP contribution in [0.2, 0.25) is 0 Å². The number of aromatic nitrogens is 5. The summed E-state index contributed by atoms with van der Waals surface area (Å²) >= 11 is 0. The summed E-state index contributed by atoms with van der Waals surface area (Å²) in [6, 6.07) is 0.528. The maximum atomic E-state index is 14.7. The molecule has 2 aliphatic heterocycles. The van der Waals surface area contributed by atoms with Crippen molar-refractivity contribution in [3.63, 3.8) is 0 Å². The fraction of sp³-hybridized carbons (Fsp3) is 0.556. The van der Waals surface area contributed by atoms with Gasteiger partial charge in [0.05, 0.1) is 25.0 Å². The van der Waals surface area contributed by atoms with E-state index in [2.05, 4.69) is 15.2 Å². The molecule has 4 aromatic rings. The first-order valence-corrected chi connectivity index (χ1v) is 18.1. The first-order valence-electron chi connectivity index (χ1n) is 18.1. The zero-order valence-corrected chi connectivity index (χ0v) is 28.4. The van der Waals surface area contributed by atoms with Crippen LogP contribution >= 0.6 is 0 Å². The van der Waals surface area contributed by atoms with Gasteiger partial charge in [-0.05, 0) is 68.8 Å². The van der Waals surface area contributed by atoms with Gasteiger partial charge < -0.3 is 33.9 Å². The molecule has 0 spiro atoms. The van der Waals surface area contributed by atoms with Gasteiger partial charge in [0.2, 0.25) is 11.3 Å². The molecule has 2 bridgehead atoms. The lowest BCUT2D eigenvalue weighted by Gasteiger charge is -2.71. The summed E-state index contributed by atoms with van der Waals surface area (Å²) in [7, 11) is 0. The van der Waals surface area contributed by atoms with Crippen molar-refractivity contribution in [2.24, 2.45) is 11.3 Å². The van der Waals surface area contributed by atoms with Gasteiger partial charge in [-0.25, -0.2) is 9.37 Å². The molecule has 6 fully saturated rings. The average Bonchev–Trinajstić information content (AvgIpc) is 3.64. The van der Waals surface area contributed by atoms with Crippen LogP contribution in [0.1, 0.15) is 74.3 Å². The van der Waals surface area contributed by atoms with Crippen molar-refractivity contribution < 1.29 is 28.2 Å². The second kappa shape index (κ2) is 10.9. The average molecular weight is 699 g/mol. The Balaban J connectivity index is 1.00. The van der Waals surface area contributed by atoms with E-state index in [4.69, 9.17) is 19.4 Å². The minimum absolute atomic E-state index is 0.00452. The topological polar surface area (TPSA) is 161 Å². The van der Waals surface area contributed by atoms with Crippen LogP contribution < -0.4 is 15.6 Å². The minimum Gasteiger partial charge on any atom is -0.504 e. The molecule has 3 aromatic heterocycles. The molecule has 7 aliphatic rings. The molecule has 0 radical (unpaired) electrons. The number of benzene rings is 1. The SMILES string of the molecule is CCc1c(N2CCN(C(=O)c3c(O)c(F)cc4ncoc34)[C@H]3CC[C@@H]32)c(=O)c2nn(C3=CCOCC3)nc2n1CC(=O)NC12CC(C3CC3)(C1)C2. The number of rotatable bonds is 8. The van der Waals surface area contributed by atoms with Gasteiger partial charge in [0.15, 0.2) is 34.7 Å². The third kappa shape index (κ3) is 4.48. The first-order chi connectivity index (χ1) is 24.7. The number of anilines is 1. The summed E-state index contributed by atoms with van der Waals surface area (Å²) in [5, 5.41) is 23.5. The van der Waals surface area contributed by atoms with Crippen molar-refractivity contribution in [1.29, 1.82) is 0 Å². The molecule has 5 heterocycles. The number of ether oxygens (including phenoxy) is 1. The van der Waals surface area contributed by atoms with E-state index in [1.165, 1.54) is 17.6 Å². The molecule has 14 nitrogen and oxygen atoms in total. The van der Waals surface area contributed by atoms with E-state index in [-0.39, 0.29) is 64.2 Å². The van der Waals surface area contributed by atoms with Crippen LogP contribution in [0.15, 0.2) is 27.7 Å². The Hall–Kier alpha value is -4.79. The van der Waals surface area contributed by atoms with Crippen LogP contribution in [-0.2, 0) is 22.5 Å². The second-order valence-corrected chi connectivity index (χ2v) is 15.4. The summed E-state index contributed by atoms with van der Waals surface area (Å²) in [5.41, 5.74) is 2.53. The summed E-state index contributed by atoms with van der Waals surface area (Å²) in [4.78, 5) is 51.5. The second-order valence-electron chi connectivity index (χ2n) is 15.4. The van der Waals surface area contributed by atoms with Gasteiger partial charge in [-0.1, -0.05) is 6.92 Å². The normalized spacial score (nSPS) is 28.2. The van der Waals surface area contributed by atoms with Gasteiger partial charge in [-0.3, -0.25) is 14.4 Å². The Morgan fingerprint density at radius 1 is 1.12 bits per heavy atom. The molecule has 5 aliphatic carbocycles. The van der Waals surface area contributed by atoms with Crippen molar-refractivity contribution in [1.82, 2.24) is 34.8 Å². The van der Waals surface area contributed by atoms with Gasteiger partial charge in [0.1, 0.15) is 23.3 Å². The highest BCUT2D eigenvalue weighted by molar-refractivity contribution is 6.07. The first kappa shape index (κ1) is 31.0. The van der Waals surface area contributed by atoms with Crippen molar-refractivity contribution >= 4 is 45.5 Å². The number of hydrogen-bond acceptors (Lipinski definition) is 10. The molecule has 51 heavy (non-hydrogen) atoms. The molecule has 15 heteroatoms. The van der Waals surface area contributed by atoms with E-state index < -0.39 is 17.5 Å². The number of carbonyl (C=O) groups excluding carboxylic acids is 2. The van der Waals surface area contributed by atoms with Crippen molar-refractivity contribution in [2.75, 3.05) is 31.2 Å². The number of phenolic OH excluding ortho intramolecular Hbond substituents is 1. The third-order valence-corrected chi connectivity index (χ3v) is 12.5. The zero-order valence-electron chi connectivity index (χ0n) is 28.4. The van der Waals surface area contributed by atoms with Gasteiger partial charge >= 0.3 is 0 Å². The van der Waals surface area contributed by atoms with E-state index in [9.17, 15) is 23.9 Å². The molecule has 0 unspecified atom stereocenters. The molecule has 2 N–H and O–H groups in total. The van der Waals surface area contributed by atoms with Gasteiger partial charge in [-0.2, -0.15) is 4.80 Å². The van der Waals surface area contributed by atoms with Crippen LogP contribution in [0.25, 0.3) is 28.0 Å². The summed E-state index contributed by atoms with van der Waals surface area (Å²) < 4.78 is 27.4. The Labute approximate surface area is 291 Å². The number of hydrogen-bond donors (Lipinski definition) is 2. The number of piperazine rings is 1. The largest absolute Gasteiger partial charge is 0.504 e. The molecule has 1 aromatic carbocycles. The van der Waals surface area contributed by atoms with Crippen LogP contribution in [0, 0.1) is 17.2 Å². The number of pyridine rings is 1. The maximum Gasteiger partial charge on any atom is 0.262 e. The van der Waals surface area contributed by atoms with Gasteiger partial charge in [0.25, 0.3) is 5.91 Å². The molecule has 11 rings (SSSR count). The summed E-state index contributed by atoms with van der Waals surface area (Å²) in [6.07, 6.45) is 11.2. The number of fused-ring (bicyclic) bond motifs is 3. The molecular formula is C36H39FN8O6. The van der Waals surface area contributed by atoms with Crippen LogP contribution in [-0.4, -0.2) is 90.3 Å². The molecular weight excluding hydrogens is 659 g/mol. The monoisotopic (exact) mass is 698 g/mol.